The Morgan fingerprint density at radius 2 is 2.04 bits per heavy atom. The van der Waals surface area contributed by atoms with Crippen LogP contribution in [0.4, 0.5) is 5.13 Å². The highest BCUT2D eigenvalue weighted by Gasteiger charge is 2.18. The van der Waals surface area contributed by atoms with Gasteiger partial charge >= 0.3 is 0 Å². The normalized spacial score (nSPS) is 10.9. The molecule has 6 nitrogen and oxygen atoms in total. The molecule has 0 spiro atoms. The van der Waals surface area contributed by atoms with Crippen LogP contribution in [0.5, 0.6) is 5.75 Å². The zero-order chi connectivity index (χ0) is 19.0. The van der Waals surface area contributed by atoms with E-state index < -0.39 is 0 Å². The molecule has 4 rings (SSSR count). The molecular weight excluding hydrogens is 360 g/mol. The molecule has 0 bridgehead atoms. The van der Waals surface area contributed by atoms with Crippen LogP contribution in [-0.2, 0) is 0 Å². The number of pyridine rings is 1. The molecule has 0 atom stereocenters. The summed E-state index contributed by atoms with van der Waals surface area (Å²) in [6, 6.07) is 11.5. The molecule has 0 fully saturated rings. The second kappa shape index (κ2) is 6.85. The molecule has 0 saturated heterocycles. The fraction of sp³-hybridized carbons (Fsp3) is 0.150. The standard InChI is InChI=1S/C20H18N4O2S/c1-12-10-14(7-8-16(12)26-3)15-11-27-20(22-15)23-19(25)18-13(2)21-17-6-4-5-9-24(17)18/h4-11H,1-3H3,(H,22,23,25). The highest BCUT2D eigenvalue weighted by atomic mass is 32.1. The van der Waals surface area contributed by atoms with Gasteiger partial charge in [0, 0.05) is 17.1 Å². The van der Waals surface area contributed by atoms with E-state index >= 15 is 0 Å². The average Bonchev–Trinajstić information content (AvgIpc) is 3.24. The lowest BCUT2D eigenvalue weighted by Gasteiger charge is -2.05. The topological polar surface area (TPSA) is 68.5 Å². The van der Waals surface area contributed by atoms with Gasteiger partial charge in [-0.2, -0.15) is 0 Å². The van der Waals surface area contributed by atoms with E-state index in [1.807, 2.05) is 61.8 Å². The Balaban J connectivity index is 1.60. The summed E-state index contributed by atoms with van der Waals surface area (Å²) in [6.45, 7) is 3.82. The number of thiazole rings is 1. The number of ether oxygens (including phenoxy) is 1. The smallest absolute Gasteiger partial charge is 0.276 e. The summed E-state index contributed by atoms with van der Waals surface area (Å²) in [4.78, 5) is 21.8. The summed E-state index contributed by atoms with van der Waals surface area (Å²) in [5.74, 6) is 0.614. The molecule has 1 amide bonds. The Hall–Kier alpha value is -3.19. The number of hydrogen-bond acceptors (Lipinski definition) is 5. The summed E-state index contributed by atoms with van der Waals surface area (Å²) in [5.41, 5.74) is 4.78. The molecule has 1 aromatic carbocycles. The largest absolute Gasteiger partial charge is 0.496 e. The van der Waals surface area contributed by atoms with E-state index in [4.69, 9.17) is 4.74 Å². The number of nitrogens with one attached hydrogen (secondary N) is 1. The van der Waals surface area contributed by atoms with Gasteiger partial charge in [0.1, 0.15) is 17.1 Å². The predicted molar refractivity (Wildman–Crippen MR) is 107 cm³/mol. The summed E-state index contributed by atoms with van der Waals surface area (Å²) in [7, 11) is 1.65. The Morgan fingerprint density at radius 3 is 2.81 bits per heavy atom. The number of aryl methyl sites for hydroxylation is 2. The quantitative estimate of drug-likeness (QED) is 0.574. The second-order valence-corrected chi connectivity index (χ2v) is 7.01. The SMILES string of the molecule is COc1ccc(-c2csc(NC(=O)c3c(C)nc4ccccn34)n2)cc1C. The first-order valence-electron chi connectivity index (χ1n) is 8.42. The molecule has 0 aliphatic heterocycles. The molecule has 3 aromatic heterocycles. The maximum Gasteiger partial charge on any atom is 0.276 e. The number of benzene rings is 1. The zero-order valence-corrected chi connectivity index (χ0v) is 16.0. The van der Waals surface area contributed by atoms with Crippen molar-refractivity contribution in [3.05, 3.63) is 64.9 Å². The van der Waals surface area contributed by atoms with E-state index in [0.29, 0.717) is 16.5 Å². The van der Waals surface area contributed by atoms with Gasteiger partial charge in [0.15, 0.2) is 5.13 Å². The maximum absolute atomic E-state index is 12.8. The highest BCUT2D eigenvalue weighted by Crippen LogP contribution is 2.29. The lowest BCUT2D eigenvalue weighted by atomic mass is 10.1. The monoisotopic (exact) mass is 378 g/mol. The van der Waals surface area contributed by atoms with Crippen molar-refractivity contribution in [3.63, 3.8) is 0 Å². The minimum Gasteiger partial charge on any atom is -0.496 e. The first-order chi connectivity index (χ1) is 13.1. The molecule has 1 N–H and O–H groups in total. The van der Waals surface area contributed by atoms with Crippen molar-refractivity contribution >= 4 is 28.0 Å². The minimum atomic E-state index is -0.224. The molecular formula is C20H18N4O2S. The molecule has 0 radical (unpaired) electrons. The zero-order valence-electron chi connectivity index (χ0n) is 15.2. The molecule has 0 aliphatic rings. The number of carbonyl (C=O) groups is 1. The minimum absolute atomic E-state index is 0.224. The molecule has 7 heteroatoms. The Bertz CT molecular complexity index is 1150. The van der Waals surface area contributed by atoms with E-state index in [0.717, 1.165) is 28.2 Å². The maximum atomic E-state index is 12.8. The van der Waals surface area contributed by atoms with Crippen molar-refractivity contribution in [2.45, 2.75) is 13.8 Å². The molecule has 136 valence electrons. The predicted octanol–water partition coefficient (Wildman–Crippen LogP) is 4.34. The number of nitrogens with zero attached hydrogens (tertiary/aromatic N) is 3. The number of aromatic nitrogens is 3. The van der Waals surface area contributed by atoms with Crippen LogP contribution in [-0.4, -0.2) is 27.4 Å². The summed E-state index contributed by atoms with van der Waals surface area (Å²) < 4.78 is 7.08. The van der Waals surface area contributed by atoms with Crippen LogP contribution in [0.15, 0.2) is 48.0 Å². The van der Waals surface area contributed by atoms with E-state index in [-0.39, 0.29) is 5.91 Å². The van der Waals surface area contributed by atoms with Gasteiger partial charge < -0.3 is 4.74 Å². The van der Waals surface area contributed by atoms with Crippen molar-refractivity contribution in [3.8, 4) is 17.0 Å². The third kappa shape index (κ3) is 3.17. The van der Waals surface area contributed by atoms with Gasteiger partial charge in [-0.1, -0.05) is 6.07 Å². The third-order valence-electron chi connectivity index (χ3n) is 4.33. The first-order valence-corrected chi connectivity index (χ1v) is 9.30. The van der Waals surface area contributed by atoms with Crippen LogP contribution in [0.1, 0.15) is 21.7 Å². The molecule has 0 saturated carbocycles. The Labute approximate surface area is 160 Å². The van der Waals surface area contributed by atoms with Crippen molar-refractivity contribution in [2.75, 3.05) is 12.4 Å². The van der Waals surface area contributed by atoms with Crippen LogP contribution in [0.2, 0.25) is 0 Å². The number of hydrogen-bond donors (Lipinski definition) is 1. The van der Waals surface area contributed by atoms with Crippen molar-refractivity contribution < 1.29 is 9.53 Å². The van der Waals surface area contributed by atoms with Crippen LogP contribution in [0, 0.1) is 13.8 Å². The van der Waals surface area contributed by atoms with E-state index in [9.17, 15) is 4.79 Å². The third-order valence-corrected chi connectivity index (χ3v) is 5.09. The van der Waals surface area contributed by atoms with Gasteiger partial charge in [0.05, 0.1) is 18.5 Å². The van der Waals surface area contributed by atoms with E-state index in [2.05, 4.69) is 15.3 Å². The van der Waals surface area contributed by atoms with E-state index in [1.54, 1.807) is 11.5 Å². The van der Waals surface area contributed by atoms with Crippen LogP contribution >= 0.6 is 11.3 Å². The van der Waals surface area contributed by atoms with Crippen LogP contribution < -0.4 is 10.1 Å². The number of fused-ring (bicyclic) bond motifs is 1. The van der Waals surface area contributed by atoms with Gasteiger partial charge in [-0.15, -0.1) is 11.3 Å². The average molecular weight is 378 g/mol. The number of carbonyl (C=O) groups excluding carboxylic acids is 1. The number of rotatable bonds is 4. The molecule has 0 aliphatic carbocycles. The van der Waals surface area contributed by atoms with Gasteiger partial charge in [0.25, 0.3) is 5.91 Å². The summed E-state index contributed by atoms with van der Waals surface area (Å²) >= 11 is 1.39. The van der Waals surface area contributed by atoms with Crippen molar-refractivity contribution in [2.24, 2.45) is 0 Å². The lowest BCUT2D eigenvalue weighted by Crippen LogP contribution is -2.15. The number of methoxy groups -OCH3 is 1. The van der Waals surface area contributed by atoms with Crippen LogP contribution in [0.25, 0.3) is 16.9 Å². The van der Waals surface area contributed by atoms with Gasteiger partial charge in [-0.3, -0.25) is 14.5 Å². The Kier molecular flexibility index (Phi) is 4.37. The molecule has 4 aromatic rings. The van der Waals surface area contributed by atoms with Gasteiger partial charge in [0.2, 0.25) is 0 Å². The highest BCUT2D eigenvalue weighted by molar-refractivity contribution is 7.14. The number of imidazole rings is 1. The molecule has 27 heavy (non-hydrogen) atoms. The number of anilines is 1. The van der Waals surface area contributed by atoms with Gasteiger partial charge in [-0.05, 0) is 49.7 Å². The fourth-order valence-electron chi connectivity index (χ4n) is 3.04. The first kappa shape index (κ1) is 17.2. The summed E-state index contributed by atoms with van der Waals surface area (Å²) in [6.07, 6.45) is 1.83. The molecule has 0 unspecified atom stereocenters. The Morgan fingerprint density at radius 1 is 1.19 bits per heavy atom. The van der Waals surface area contributed by atoms with Crippen LogP contribution in [0.3, 0.4) is 0 Å². The van der Waals surface area contributed by atoms with Crippen molar-refractivity contribution in [1.82, 2.24) is 14.4 Å². The van der Waals surface area contributed by atoms with Crippen molar-refractivity contribution in [1.29, 1.82) is 0 Å². The molecule has 3 heterocycles. The lowest BCUT2D eigenvalue weighted by molar-refractivity contribution is 0.102. The second-order valence-electron chi connectivity index (χ2n) is 6.15. The van der Waals surface area contributed by atoms with Gasteiger partial charge in [-0.25, -0.2) is 9.97 Å². The summed E-state index contributed by atoms with van der Waals surface area (Å²) in [5, 5.41) is 5.37. The van der Waals surface area contributed by atoms with E-state index in [1.165, 1.54) is 11.3 Å². The number of amides is 1. The fourth-order valence-corrected chi connectivity index (χ4v) is 3.76.